The van der Waals surface area contributed by atoms with Crippen LogP contribution in [0.1, 0.15) is 19.3 Å². The van der Waals surface area contributed by atoms with Gasteiger partial charge in [0.1, 0.15) is 6.04 Å². The number of ether oxygens (including phenoxy) is 1. The lowest BCUT2D eigenvalue weighted by Gasteiger charge is -2.43. The summed E-state index contributed by atoms with van der Waals surface area (Å²) in [7, 11) is 1.50. The third kappa shape index (κ3) is 2.64. The maximum atomic E-state index is 12.2. The first kappa shape index (κ1) is 13.3. The topological polar surface area (TPSA) is 70.1 Å². The van der Waals surface area contributed by atoms with Crippen LogP contribution >= 0.6 is 0 Å². The van der Waals surface area contributed by atoms with Gasteiger partial charge >= 0.3 is 0 Å². The zero-order valence-corrected chi connectivity index (χ0v) is 10.7. The van der Waals surface area contributed by atoms with Crippen LogP contribution in [0.5, 0.6) is 0 Å². The van der Waals surface area contributed by atoms with Gasteiger partial charge in [-0.15, -0.1) is 0 Å². The number of β-amino-alcohol motifs (C(OH)–C–C–N with tert-alkyl or cyclic N) is 1. The third-order valence-electron chi connectivity index (χ3n) is 3.54. The standard InChI is InChI=1S/C12H20N2O4/c1-18-8-9(15)6-13-7-11(16)14-5-3-2-4-10(14)12(13)17/h9-10,15H,2-8H2,1H3. The summed E-state index contributed by atoms with van der Waals surface area (Å²) in [4.78, 5) is 27.3. The first-order valence-electron chi connectivity index (χ1n) is 6.38. The molecule has 2 aliphatic rings. The fourth-order valence-electron chi connectivity index (χ4n) is 2.68. The zero-order valence-electron chi connectivity index (χ0n) is 10.7. The number of hydrogen-bond acceptors (Lipinski definition) is 4. The minimum Gasteiger partial charge on any atom is -0.389 e. The van der Waals surface area contributed by atoms with Gasteiger partial charge in [0.15, 0.2) is 0 Å². The summed E-state index contributed by atoms with van der Waals surface area (Å²) in [5.41, 5.74) is 0. The number of carbonyl (C=O) groups excluding carboxylic acids is 2. The van der Waals surface area contributed by atoms with E-state index in [0.29, 0.717) is 6.54 Å². The number of piperazine rings is 1. The summed E-state index contributed by atoms with van der Waals surface area (Å²) in [6.45, 7) is 1.11. The number of hydrogen-bond donors (Lipinski definition) is 1. The van der Waals surface area contributed by atoms with Gasteiger partial charge < -0.3 is 19.6 Å². The van der Waals surface area contributed by atoms with E-state index in [9.17, 15) is 14.7 Å². The van der Waals surface area contributed by atoms with Gasteiger partial charge in [-0.3, -0.25) is 9.59 Å². The summed E-state index contributed by atoms with van der Waals surface area (Å²) >= 11 is 0. The van der Waals surface area contributed by atoms with Crippen molar-refractivity contribution >= 4 is 11.8 Å². The average Bonchev–Trinajstić information content (AvgIpc) is 2.36. The highest BCUT2D eigenvalue weighted by Gasteiger charge is 2.40. The molecule has 0 radical (unpaired) electrons. The summed E-state index contributed by atoms with van der Waals surface area (Å²) in [6.07, 6.45) is 1.96. The van der Waals surface area contributed by atoms with Crippen LogP contribution in [0.25, 0.3) is 0 Å². The number of aliphatic hydroxyl groups excluding tert-OH is 1. The number of fused-ring (bicyclic) bond motifs is 1. The molecule has 2 fully saturated rings. The molecule has 0 aromatic carbocycles. The van der Waals surface area contributed by atoms with Crippen LogP contribution in [-0.4, -0.2) is 72.2 Å². The third-order valence-corrected chi connectivity index (χ3v) is 3.54. The Kier molecular flexibility index (Phi) is 4.19. The number of methoxy groups -OCH3 is 1. The van der Waals surface area contributed by atoms with Gasteiger partial charge in [0.2, 0.25) is 11.8 Å². The Hall–Kier alpha value is -1.14. The Labute approximate surface area is 106 Å². The van der Waals surface area contributed by atoms with Crippen LogP contribution in [0.3, 0.4) is 0 Å². The van der Waals surface area contributed by atoms with Crippen molar-refractivity contribution < 1.29 is 19.4 Å². The van der Waals surface area contributed by atoms with Crippen LogP contribution < -0.4 is 0 Å². The molecular formula is C12H20N2O4. The molecule has 0 aromatic heterocycles. The molecule has 102 valence electrons. The molecule has 0 spiro atoms. The highest BCUT2D eigenvalue weighted by molar-refractivity contribution is 5.95. The smallest absolute Gasteiger partial charge is 0.245 e. The van der Waals surface area contributed by atoms with E-state index >= 15 is 0 Å². The second-order valence-electron chi connectivity index (χ2n) is 4.93. The van der Waals surface area contributed by atoms with E-state index in [1.54, 1.807) is 4.90 Å². The van der Waals surface area contributed by atoms with Crippen LogP contribution in [0.2, 0.25) is 0 Å². The van der Waals surface area contributed by atoms with Crippen molar-refractivity contribution in [2.24, 2.45) is 0 Å². The zero-order chi connectivity index (χ0) is 13.1. The second kappa shape index (κ2) is 5.67. The van der Waals surface area contributed by atoms with Crippen molar-refractivity contribution in [2.75, 3.05) is 33.4 Å². The molecule has 2 heterocycles. The van der Waals surface area contributed by atoms with Crippen molar-refractivity contribution in [1.82, 2.24) is 9.80 Å². The molecule has 18 heavy (non-hydrogen) atoms. The minimum atomic E-state index is -0.734. The lowest BCUT2D eigenvalue weighted by atomic mass is 9.98. The maximum absolute atomic E-state index is 12.2. The molecule has 2 amide bonds. The predicted octanol–water partition coefficient (Wildman–Crippen LogP) is -0.783. The SMILES string of the molecule is COCC(O)CN1CC(=O)N2CCCCC2C1=O. The minimum absolute atomic E-state index is 0.0103. The quantitative estimate of drug-likeness (QED) is 0.716. The van der Waals surface area contributed by atoms with Crippen molar-refractivity contribution in [3.63, 3.8) is 0 Å². The number of nitrogens with zero attached hydrogens (tertiary/aromatic N) is 2. The number of aliphatic hydroxyl groups is 1. The van der Waals surface area contributed by atoms with E-state index in [1.807, 2.05) is 0 Å². The van der Waals surface area contributed by atoms with Gasteiger partial charge in [-0.2, -0.15) is 0 Å². The van der Waals surface area contributed by atoms with E-state index in [2.05, 4.69) is 0 Å². The average molecular weight is 256 g/mol. The van der Waals surface area contributed by atoms with Crippen molar-refractivity contribution in [2.45, 2.75) is 31.4 Å². The Bertz CT molecular complexity index is 334. The largest absolute Gasteiger partial charge is 0.389 e. The fraction of sp³-hybridized carbons (Fsp3) is 0.833. The fourth-order valence-corrected chi connectivity index (χ4v) is 2.68. The number of carbonyl (C=O) groups is 2. The molecule has 2 unspecified atom stereocenters. The monoisotopic (exact) mass is 256 g/mol. The van der Waals surface area contributed by atoms with Crippen LogP contribution in [0.4, 0.5) is 0 Å². The predicted molar refractivity (Wildman–Crippen MR) is 63.8 cm³/mol. The van der Waals surface area contributed by atoms with Crippen LogP contribution in [-0.2, 0) is 14.3 Å². The molecule has 0 bridgehead atoms. The Balaban J connectivity index is 2.00. The van der Waals surface area contributed by atoms with Crippen LogP contribution in [0.15, 0.2) is 0 Å². The molecule has 0 saturated carbocycles. The highest BCUT2D eigenvalue weighted by atomic mass is 16.5. The van der Waals surface area contributed by atoms with E-state index in [1.165, 1.54) is 12.0 Å². The van der Waals surface area contributed by atoms with Gasteiger partial charge in [0.05, 0.1) is 19.3 Å². The van der Waals surface area contributed by atoms with E-state index in [0.717, 1.165) is 19.3 Å². The molecule has 6 nitrogen and oxygen atoms in total. The summed E-state index contributed by atoms with van der Waals surface area (Å²) in [6, 6.07) is -0.310. The first-order valence-corrected chi connectivity index (χ1v) is 6.38. The summed E-state index contributed by atoms with van der Waals surface area (Å²) in [5.74, 6) is -0.0478. The lowest BCUT2D eigenvalue weighted by Crippen LogP contribution is -2.62. The maximum Gasteiger partial charge on any atom is 0.245 e. The first-order chi connectivity index (χ1) is 8.63. The molecule has 0 aromatic rings. The lowest BCUT2D eigenvalue weighted by molar-refractivity contribution is -0.159. The van der Waals surface area contributed by atoms with E-state index < -0.39 is 6.10 Å². The van der Waals surface area contributed by atoms with E-state index in [4.69, 9.17) is 4.74 Å². The summed E-state index contributed by atoms with van der Waals surface area (Å²) < 4.78 is 4.83. The molecule has 2 saturated heterocycles. The van der Waals surface area contributed by atoms with Crippen molar-refractivity contribution in [3.05, 3.63) is 0 Å². The number of amides is 2. The Morgan fingerprint density at radius 3 is 2.94 bits per heavy atom. The van der Waals surface area contributed by atoms with Crippen molar-refractivity contribution in [1.29, 1.82) is 0 Å². The van der Waals surface area contributed by atoms with Crippen LogP contribution in [0, 0.1) is 0 Å². The van der Waals surface area contributed by atoms with Crippen molar-refractivity contribution in [3.8, 4) is 0 Å². The Morgan fingerprint density at radius 1 is 1.44 bits per heavy atom. The Morgan fingerprint density at radius 2 is 2.22 bits per heavy atom. The summed E-state index contributed by atoms with van der Waals surface area (Å²) in [5, 5.41) is 9.66. The molecule has 2 rings (SSSR count). The highest BCUT2D eigenvalue weighted by Crippen LogP contribution is 2.23. The normalized spacial score (nSPS) is 26.2. The molecule has 6 heteroatoms. The molecule has 2 aliphatic heterocycles. The molecule has 1 N–H and O–H groups in total. The van der Waals surface area contributed by atoms with Gasteiger partial charge in [-0.1, -0.05) is 0 Å². The molecule has 0 aliphatic carbocycles. The second-order valence-corrected chi connectivity index (χ2v) is 4.93. The van der Waals surface area contributed by atoms with E-state index in [-0.39, 0.29) is 37.6 Å². The number of piperidine rings is 1. The van der Waals surface area contributed by atoms with Gasteiger partial charge in [-0.05, 0) is 19.3 Å². The molecular weight excluding hydrogens is 236 g/mol. The van der Waals surface area contributed by atoms with Gasteiger partial charge in [-0.25, -0.2) is 0 Å². The molecule has 2 atom stereocenters. The van der Waals surface area contributed by atoms with Gasteiger partial charge in [0, 0.05) is 20.2 Å². The van der Waals surface area contributed by atoms with Gasteiger partial charge in [0.25, 0.3) is 0 Å². The number of rotatable bonds is 4.